The largest absolute Gasteiger partial charge is 0.396 e. The minimum Gasteiger partial charge on any atom is -0.396 e. The second-order valence-corrected chi connectivity index (χ2v) is 1.94. The Morgan fingerprint density at radius 1 is 1.44 bits per heavy atom. The number of aliphatic hydroxyl groups is 3. The third-order valence-electron chi connectivity index (χ3n) is 1.20. The summed E-state index contributed by atoms with van der Waals surface area (Å²) in [4.78, 5) is 0. The SMILES string of the molecule is C=CC(O)(CO)CCO. The highest BCUT2D eigenvalue weighted by atomic mass is 16.3. The predicted molar refractivity (Wildman–Crippen MR) is 33.9 cm³/mol. The lowest BCUT2D eigenvalue weighted by molar-refractivity contribution is 0.00822. The highest BCUT2D eigenvalue weighted by Gasteiger charge is 2.19. The van der Waals surface area contributed by atoms with Crippen molar-refractivity contribution >= 4 is 0 Å². The van der Waals surface area contributed by atoms with Gasteiger partial charge in [0.1, 0.15) is 5.60 Å². The molecule has 0 aromatic heterocycles. The molecule has 3 nitrogen and oxygen atoms in total. The summed E-state index contributed by atoms with van der Waals surface area (Å²) in [6, 6.07) is 0. The van der Waals surface area contributed by atoms with Crippen molar-refractivity contribution in [3.8, 4) is 0 Å². The van der Waals surface area contributed by atoms with Crippen LogP contribution < -0.4 is 0 Å². The fourth-order valence-corrected chi connectivity index (χ4v) is 0.439. The van der Waals surface area contributed by atoms with Crippen LogP contribution in [0.25, 0.3) is 0 Å². The number of aliphatic hydroxyl groups excluding tert-OH is 2. The normalized spacial score (nSPS) is 16.8. The molecule has 1 atom stereocenters. The summed E-state index contributed by atoms with van der Waals surface area (Å²) in [5.74, 6) is 0. The van der Waals surface area contributed by atoms with Gasteiger partial charge in [-0.1, -0.05) is 6.08 Å². The molecule has 0 saturated heterocycles. The molecule has 9 heavy (non-hydrogen) atoms. The fourth-order valence-electron chi connectivity index (χ4n) is 0.439. The summed E-state index contributed by atoms with van der Waals surface area (Å²) in [6.07, 6.45) is 1.36. The Kier molecular flexibility index (Phi) is 3.46. The highest BCUT2D eigenvalue weighted by molar-refractivity contribution is 4.94. The molecule has 54 valence electrons. The monoisotopic (exact) mass is 132 g/mol. The Morgan fingerprint density at radius 3 is 2.11 bits per heavy atom. The number of hydrogen-bond acceptors (Lipinski definition) is 3. The molecule has 0 aliphatic rings. The van der Waals surface area contributed by atoms with Crippen molar-refractivity contribution in [2.45, 2.75) is 12.0 Å². The summed E-state index contributed by atoms with van der Waals surface area (Å²) < 4.78 is 0. The van der Waals surface area contributed by atoms with Crippen LogP contribution in [-0.2, 0) is 0 Å². The van der Waals surface area contributed by atoms with Crippen LogP contribution in [0.1, 0.15) is 6.42 Å². The summed E-state index contributed by atoms with van der Waals surface area (Å²) in [5.41, 5.74) is -1.30. The van der Waals surface area contributed by atoms with Gasteiger partial charge in [-0.2, -0.15) is 0 Å². The lowest BCUT2D eigenvalue weighted by atomic mass is 10.0. The van der Waals surface area contributed by atoms with Gasteiger partial charge in [0.05, 0.1) is 6.61 Å². The minimum atomic E-state index is -1.30. The molecule has 0 bridgehead atoms. The second kappa shape index (κ2) is 3.61. The van der Waals surface area contributed by atoms with Crippen LogP contribution in [0.3, 0.4) is 0 Å². The molecule has 3 N–H and O–H groups in total. The molecule has 0 amide bonds. The molecule has 0 spiro atoms. The molecule has 1 unspecified atom stereocenters. The highest BCUT2D eigenvalue weighted by Crippen LogP contribution is 2.08. The summed E-state index contributed by atoms with van der Waals surface area (Å²) in [7, 11) is 0. The zero-order valence-electron chi connectivity index (χ0n) is 5.25. The van der Waals surface area contributed by atoms with E-state index in [1.807, 2.05) is 0 Å². The maximum atomic E-state index is 9.10. The van der Waals surface area contributed by atoms with Crippen LogP contribution in [0.15, 0.2) is 12.7 Å². The van der Waals surface area contributed by atoms with Crippen LogP contribution in [0, 0.1) is 0 Å². The molecule has 0 aliphatic heterocycles. The molecular formula is C6H12O3. The zero-order valence-corrected chi connectivity index (χ0v) is 5.25. The van der Waals surface area contributed by atoms with E-state index in [-0.39, 0.29) is 13.0 Å². The van der Waals surface area contributed by atoms with Crippen LogP contribution in [-0.4, -0.2) is 34.1 Å². The first-order valence-electron chi connectivity index (χ1n) is 2.76. The summed E-state index contributed by atoms with van der Waals surface area (Å²) in [5, 5.41) is 25.9. The van der Waals surface area contributed by atoms with Gasteiger partial charge in [-0.25, -0.2) is 0 Å². The molecule has 0 aliphatic carbocycles. The van der Waals surface area contributed by atoms with Crippen molar-refractivity contribution in [3.63, 3.8) is 0 Å². The maximum absolute atomic E-state index is 9.10. The second-order valence-electron chi connectivity index (χ2n) is 1.94. The van der Waals surface area contributed by atoms with Crippen molar-refractivity contribution < 1.29 is 15.3 Å². The number of rotatable bonds is 4. The Labute approximate surface area is 54.3 Å². The topological polar surface area (TPSA) is 60.7 Å². The van der Waals surface area contributed by atoms with Crippen LogP contribution >= 0.6 is 0 Å². The summed E-state index contributed by atoms with van der Waals surface area (Å²) >= 11 is 0. The quantitative estimate of drug-likeness (QED) is 0.442. The van der Waals surface area contributed by atoms with E-state index in [9.17, 15) is 0 Å². The maximum Gasteiger partial charge on any atom is 0.108 e. The molecule has 0 saturated carbocycles. The van der Waals surface area contributed by atoms with Crippen LogP contribution in [0.2, 0.25) is 0 Å². The fraction of sp³-hybridized carbons (Fsp3) is 0.667. The third kappa shape index (κ3) is 2.60. The standard InChI is InChI=1S/C6H12O3/c1-2-6(9,5-8)3-4-7/h2,7-9H,1,3-5H2. The van der Waals surface area contributed by atoms with Gasteiger partial charge in [-0.3, -0.25) is 0 Å². The average molecular weight is 132 g/mol. The number of hydrogen-bond donors (Lipinski definition) is 3. The van der Waals surface area contributed by atoms with Crippen molar-refractivity contribution in [3.05, 3.63) is 12.7 Å². The molecule has 0 aromatic carbocycles. The first-order chi connectivity index (χ1) is 4.18. The van der Waals surface area contributed by atoms with Crippen molar-refractivity contribution in [2.24, 2.45) is 0 Å². The Balaban J connectivity index is 3.76. The average Bonchev–Trinajstić information content (AvgIpc) is 1.89. The van der Waals surface area contributed by atoms with Crippen molar-refractivity contribution in [1.29, 1.82) is 0 Å². The van der Waals surface area contributed by atoms with Gasteiger partial charge < -0.3 is 15.3 Å². The molecule has 0 heterocycles. The lowest BCUT2D eigenvalue weighted by Gasteiger charge is -2.19. The van der Waals surface area contributed by atoms with E-state index in [4.69, 9.17) is 15.3 Å². The first-order valence-corrected chi connectivity index (χ1v) is 2.76. The van der Waals surface area contributed by atoms with Gasteiger partial charge in [0.15, 0.2) is 0 Å². The molecule has 0 radical (unpaired) electrons. The van der Waals surface area contributed by atoms with Gasteiger partial charge in [0, 0.05) is 13.0 Å². The van der Waals surface area contributed by atoms with E-state index in [0.717, 1.165) is 0 Å². The Morgan fingerprint density at radius 2 is 2.00 bits per heavy atom. The third-order valence-corrected chi connectivity index (χ3v) is 1.20. The van der Waals surface area contributed by atoms with E-state index in [2.05, 4.69) is 6.58 Å². The zero-order chi connectivity index (χ0) is 7.33. The molecule has 0 fully saturated rings. The molecule has 3 heteroatoms. The smallest absolute Gasteiger partial charge is 0.108 e. The first kappa shape index (κ1) is 8.62. The van der Waals surface area contributed by atoms with Gasteiger partial charge in [0.25, 0.3) is 0 Å². The van der Waals surface area contributed by atoms with Gasteiger partial charge in [-0.05, 0) is 0 Å². The molecule has 0 rings (SSSR count). The Bertz CT molecular complexity index is 92.3. The van der Waals surface area contributed by atoms with Crippen LogP contribution in [0.5, 0.6) is 0 Å². The lowest BCUT2D eigenvalue weighted by Crippen LogP contribution is -2.31. The van der Waals surface area contributed by atoms with E-state index in [1.165, 1.54) is 6.08 Å². The van der Waals surface area contributed by atoms with E-state index < -0.39 is 12.2 Å². The van der Waals surface area contributed by atoms with Crippen molar-refractivity contribution in [2.75, 3.05) is 13.2 Å². The van der Waals surface area contributed by atoms with E-state index >= 15 is 0 Å². The van der Waals surface area contributed by atoms with Gasteiger partial charge in [0.2, 0.25) is 0 Å². The van der Waals surface area contributed by atoms with E-state index in [1.54, 1.807) is 0 Å². The predicted octanol–water partition coefficient (Wildman–Crippen LogP) is -0.722. The van der Waals surface area contributed by atoms with E-state index in [0.29, 0.717) is 0 Å². The van der Waals surface area contributed by atoms with Gasteiger partial charge in [-0.15, -0.1) is 6.58 Å². The van der Waals surface area contributed by atoms with Gasteiger partial charge >= 0.3 is 0 Å². The van der Waals surface area contributed by atoms with Crippen molar-refractivity contribution in [1.82, 2.24) is 0 Å². The Hall–Kier alpha value is -0.380. The summed E-state index contributed by atoms with van der Waals surface area (Å²) in [6.45, 7) is 2.76. The molecule has 0 aromatic rings. The van der Waals surface area contributed by atoms with Crippen LogP contribution in [0.4, 0.5) is 0 Å². The molecular weight excluding hydrogens is 120 g/mol. The minimum absolute atomic E-state index is 0.132.